The molecular weight excluding hydrogens is 508 g/mol. The van der Waals surface area contributed by atoms with E-state index in [1.165, 1.54) is 9.80 Å². The SMILES string of the molecule is C=CCCOC(=O)[C@H]1[C@H]2C(=O)N([C@@H](CC)CO)C(C(=O)N(CC=C)c3ccccc3Cl)C23CC(C)[C@]1(C)O3. The van der Waals surface area contributed by atoms with Gasteiger partial charge in [-0.2, -0.15) is 0 Å². The van der Waals surface area contributed by atoms with E-state index in [-0.39, 0.29) is 31.6 Å². The molecule has 1 aromatic carbocycles. The Morgan fingerprint density at radius 2 is 2.05 bits per heavy atom. The van der Waals surface area contributed by atoms with E-state index in [9.17, 15) is 19.5 Å². The van der Waals surface area contributed by atoms with Crippen LogP contribution in [-0.4, -0.2) is 70.8 Å². The monoisotopic (exact) mass is 544 g/mol. The first-order chi connectivity index (χ1) is 18.1. The fourth-order valence-electron chi connectivity index (χ4n) is 6.71. The van der Waals surface area contributed by atoms with E-state index in [1.807, 2.05) is 20.8 Å². The molecule has 8 nitrogen and oxygen atoms in total. The number of carbonyl (C=O) groups is 3. The fraction of sp³-hybridized carbons (Fsp3) is 0.552. The Kier molecular flexibility index (Phi) is 8.07. The number of ether oxygens (including phenoxy) is 2. The van der Waals surface area contributed by atoms with Gasteiger partial charge in [-0.15, -0.1) is 13.2 Å². The van der Waals surface area contributed by atoms with Crippen molar-refractivity contribution in [2.75, 3.05) is 24.7 Å². The molecule has 3 heterocycles. The molecule has 3 unspecified atom stereocenters. The van der Waals surface area contributed by atoms with Crippen molar-refractivity contribution in [3.05, 3.63) is 54.6 Å². The van der Waals surface area contributed by atoms with E-state index in [0.29, 0.717) is 30.0 Å². The van der Waals surface area contributed by atoms with Crippen molar-refractivity contribution in [2.24, 2.45) is 17.8 Å². The number of likely N-dealkylation sites (tertiary alicyclic amines) is 1. The number of rotatable bonds is 11. The van der Waals surface area contributed by atoms with Crippen molar-refractivity contribution in [1.82, 2.24) is 4.90 Å². The Balaban J connectivity index is 1.85. The number of benzene rings is 1. The summed E-state index contributed by atoms with van der Waals surface area (Å²) < 4.78 is 12.3. The molecule has 1 aromatic rings. The van der Waals surface area contributed by atoms with Gasteiger partial charge in [0.1, 0.15) is 17.6 Å². The molecular formula is C29H37ClN2O6. The second-order valence-electron chi connectivity index (χ2n) is 10.6. The van der Waals surface area contributed by atoms with Gasteiger partial charge >= 0.3 is 5.97 Å². The molecule has 3 aliphatic heterocycles. The predicted molar refractivity (Wildman–Crippen MR) is 145 cm³/mol. The average Bonchev–Trinajstić information content (AvgIpc) is 3.41. The molecule has 0 aliphatic carbocycles. The molecule has 1 spiro atoms. The van der Waals surface area contributed by atoms with Crippen LogP contribution in [0.2, 0.25) is 5.02 Å². The summed E-state index contributed by atoms with van der Waals surface area (Å²) in [4.78, 5) is 45.2. The average molecular weight is 545 g/mol. The molecule has 9 heteroatoms. The summed E-state index contributed by atoms with van der Waals surface area (Å²) in [5.74, 6) is -3.19. The third kappa shape index (κ3) is 4.17. The van der Waals surface area contributed by atoms with Gasteiger partial charge in [0.15, 0.2) is 0 Å². The van der Waals surface area contributed by atoms with E-state index in [1.54, 1.807) is 36.4 Å². The quantitative estimate of drug-likeness (QED) is 0.259. The van der Waals surface area contributed by atoms with Gasteiger partial charge in [-0.25, -0.2) is 0 Å². The van der Waals surface area contributed by atoms with Crippen LogP contribution in [-0.2, 0) is 23.9 Å². The Hall–Kier alpha value is -2.68. The van der Waals surface area contributed by atoms with E-state index in [2.05, 4.69) is 13.2 Å². The van der Waals surface area contributed by atoms with E-state index < -0.39 is 47.0 Å². The van der Waals surface area contributed by atoms with Crippen molar-refractivity contribution in [2.45, 2.75) is 63.3 Å². The molecule has 2 amide bonds. The maximum Gasteiger partial charge on any atom is 0.312 e. The summed E-state index contributed by atoms with van der Waals surface area (Å²) in [5.41, 5.74) is -1.76. The molecule has 3 aliphatic rings. The number of anilines is 1. The topological polar surface area (TPSA) is 96.4 Å². The van der Waals surface area contributed by atoms with Crippen molar-refractivity contribution < 1.29 is 29.0 Å². The molecule has 2 bridgehead atoms. The summed E-state index contributed by atoms with van der Waals surface area (Å²) in [7, 11) is 0. The van der Waals surface area contributed by atoms with Crippen molar-refractivity contribution in [3.8, 4) is 0 Å². The minimum absolute atomic E-state index is 0.124. The molecule has 206 valence electrons. The smallest absolute Gasteiger partial charge is 0.312 e. The van der Waals surface area contributed by atoms with Crippen molar-refractivity contribution in [1.29, 1.82) is 0 Å². The number of esters is 1. The van der Waals surface area contributed by atoms with Gasteiger partial charge < -0.3 is 24.4 Å². The minimum Gasteiger partial charge on any atom is -0.465 e. The number of carbonyl (C=O) groups excluding carboxylic acids is 3. The number of hydrogen-bond donors (Lipinski definition) is 1. The van der Waals surface area contributed by atoms with Gasteiger partial charge in [-0.1, -0.05) is 49.7 Å². The highest BCUT2D eigenvalue weighted by atomic mass is 35.5. The Labute approximate surface area is 229 Å². The van der Waals surface area contributed by atoms with Gasteiger partial charge in [0, 0.05) is 6.54 Å². The summed E-state index contributed by atoms with van der Waals surface area (Å²) >= 11 is 6.50. The summed E-state index contributed by atoms with van der Waals surface area (Å²) in [6.45, 7) is 13.1. The maximum atomic E-state index is 14.5. The predicted octanol–water partition coefficient (Wildman–Crippen LogP) is 3.76. The van der Waals surface area contributed by atoms with E-state index in [4.69, 9.17) is 21.1 Å². The first kappa shape index (κ1) is 28.3. The number of amides is 2. The molecule has 0 aromatic heterocycles. The number of para-hydroxylation sites is 1. The van der Waals surface area contributed by atoms with Crippen LogP contribution in [0.4, 0.5) is 5.69 Å². The lowest BCUT2D eigenvalue weighted by Crippen LogP contribution is -2.59. The zero-order valence-electron chi connectivity index (χ0n) is 22.3. The first-order valence-electron chi connectivity index (χ1n) is 13.2. The number of halogens is 1. The normalized spacial score (nSPS) is 32.1. The van der Waals surface area contributed by atoms with E-state index in [0.717, 1.165) is 0 Å². The van der Waals surface area contributed by atoms with Crippen LogP contribution < -0.4 is 4.90 Å². The Morgan fingerprint density at radius 3 is 2.66 bits per heavy atom. The second-order valence-corrected chi connectivity index (χ2v) is 11.0. The summed E-state index contributed by atoms with van der Waals surface area (Å²) in [6, 6.07) is 5.29. The van der Waals surface area contributed by atoms with Crippen LogP contribution in [0.25, 0.3) is 0 Å². The second kappa shape index (κ2) is 10.8. The zero-order chi connectivity index (χ0) is 27.8. The molecule has 0 saturated carbocycles. The highest BCUT2D eigenvalue weighted by molar-refractivity contribution is 6.34. The van der Waals surface area contributed by atoms with Crippen LogP contribution in [0.3, 0.4) is 0 Å². The number of aliphatic hydroxyl groups excluding tert-OH is 1. The van der Waals surface area contributed by atoms with Crippen LogP contribution in [0.15, 0.2) is 49.6 Å². The van der Waals surface area contributed by atoms with Gasteiger partial charge in [0.05, 0.1) is 41.5 Å². The van der Waals surface area contributed by atoms with Gasteiger partial charge in [0.2, 0.25) is 5.91 Å². The third-order valence-electron chi connectivity index (χ3n) is 8.60. The van der Waals surface area contributed by atoms with Crippen LogP contribution in [0, 0.1) is 17.8 Å². The maximum absolute atomic E-state index is 14.5. The summed E-state index contributed by atoms with van der Waals surface area (Å²) in [5, 5.41) is 10.6. The van der Waals surface area contributed by atoms with Gasteiger partial charge in [-0.3, -0.25) is 14.4 Å². The zero-order valence-corrected chi connectivity index (χ0v) is 23.0. The van der Waals surface area contributed by atoms with Crippen LogP contribution >= 0.6 is 11.6 Å². The lowest BCUT2D eigenvalue weighted by molar-refractivity contribution is -0.162. The Bertz CT molecular complexity index is 1120. The standard InChI is InChI=1S/C29H37ClN2O6/c1-6-9-15-37-27(36)23-22-25(34)32(19(8-3)17-33)24(29(22)16-18(4)28(23,5)38-29)26(35)31(14-7-2)21-13-11-10-12-20(21)30/h6-7,10-13,18-19,22-24,33H,1-2,8-9,14-17H2,3-5H3/t18?,19-,22-,23+,24?,28-,29?/m0/s1. The van der Waals surface area contributed by atoms with Crippen LogP contribution in [0.1, 0.15) is 40.0 Å². The molecule has 38 heavy (non-hydrogen) atoms. The largest absolute Gasteiger partial charge is 0.465 e. The summed E-state index contributed by atoms with van der Waals surface area (Å²) in [6.07, 6.45) is 4.57. The molecule has 3 fully saturated rings. The van der Waals surface area contributed by atoms with Gasteiger partial charge in [0.25, 0.3) is 5.91 Å². The van der Waals surface area contributed by atoms with E-state index >= 15 is 0 Å². The van der Waals surface area contributed by atoms with Gasteiger partial charge in [-0.05, 0) is 44.2 Å². The van der Waals surface area contributed by atoms with Crippen LogP contribution in [0.5, 0.6) is 0 Å². The molecule has 1 N–H and O–H groups in total. The first-order valence-corrected chi connectivity index (χ1v) is 13.6. The number of aliphatic hydroxyl groups is 1. The fourth-order valence-corrected chi connectivity index (χ4v) is 6.95. The minimum atomic E-state index is -1.26. The molecule has 3 saturated heterocycles. The molecule has 0 radical (unpaired) electrons. The molecule has 7 atom stereocenters. The lowest BCUT2D eigenvalue weighted by atomic mass is 9.62. The number of hydrogen-bond acceptors (Lipinski definition) is 6. The van der Waals surface area contributed by atoms with Crippen molar-refractivity contribution >= 4 is 35.1 Å². The number of fused-ring (bicyclic) bond motifs is 1. The Morgan fingerprint density at radius 1 is 1.34 bits per heavy atom. The van der Waals surface area contributed by atoms with Crippen molar-refractivity contribution in [3.63, 3.8) is 0 Å². The third-order valence-corrected chi connectivity index (χ3v) is 8.92. The lowest BCUT2D eigenvalue weighted by Gasteiger charge is -2.39. The highest BCUT2D eigenvalue weighted by Gasteiger charge is 2.80. The highest BCUT2D eigenvalue weighted by Crippen LogP contribution is 2.65. The number of nitrogens with zero attached hydrogens (tertiary/aromatic N) is 2. The molecule has 4 rings (SSSR count).